The van der Waals surface area contributed by atoms with Crippen LogP contribution in [0.2, 0.25) is 0 Å². The first kappa shape index (κ1) is 12.2. The molecule has 1 aliphatic rings. The van der Waals surface area contributed by atoms with Crippen LogP contribution in [0.25, 0.3) is 10.8 Å². The Bertz CT molecular complexity index is 753. The molecule has 0 N–H and O–H groups in total. The van der Waals surface area contributed by atoms with Crippen molar-refractivity contribution in [2.75, 3.05) is 0 Å². The van der Waals surface area contributed by atoms with E-state index in [9.17, 15) is 0 Å². The average molecular weight is 323 g/mol. The van der Waals surface area contributed by atoms with Crippen LogP contribution in [0, 0.1) is 0 Å². The molecule has 0 amide bonds. The molecule has 98 valence electrons. The molecule has 4 rings (SSSR count). The SMILES string of the molecule is Brc1ccc([C@H]2C[C@@H]2c2cccc3ccccc23)cc1. The molecule has 0 saturated heterocycles. The van der Waals surface area contributed by atoms with Crippen LogP contribution in [0.5, 0.6) is 0 Å². The quantitative estimate of drug-likeness (QED) is 0.553. The molecule has 20 heavy (non-hydrogen) atoms. The zero-order valence-corrected chi connectivity index (χ0v) is 12.7. The van der Waals surface area contributed by atoms with Crippen LogP contribution in [0.15, 0.2) is 71.2 Å². The van der Waals surface area contributed by atoms with Gasteiger partial charge in [-0.2, -0.15) is 0 Å². The van der Waals surface area contributed by atoms with Crippen molar-refractivity contribution in [1.82, 2.24) is 0 Å². The van der Waals surface area contributed by atoms with E-state index in [4.69, 9.17) is 0 Å². The standard InChI is InChI=1S/C19H15Br/c20-15-10-8-14(9-11-15)18-12-19(18)17-7-3-5-13-4-1-2-6-16(13)17/h1-11,18-19H,12H2/t18-,19-/m1/s1. The van der Waals surface area contributed by atoms with E-state index in [0.29, 0.717) is 11.8 Å². The van der Waals surface area contributed by atoms with Crippen molar-refractivity contribution in [3.05, 3.63) is 82.3 Å². The van der Waals surface area contributed by atoms with E-state index in [1.165, 1.54) is 28.3 Å². The molecule has 0 heterocycles. The fraction of sp³-hybridized carbons (Fsp3) is 0.158. The largest absolute Gasteiger partial charge is 0.0616 e. The van der Waals surface area contributed by atoms with Gasteiger partial charge in [-0.3, -0.25) is 0 Å². The van der Waals surface area contributed by atoms with Crippen LogP contribution < -0.4 is 0 Å². The number of halogens is 1. The molecule has 0 aliphatic heterocycles. The lowest BCUT2D eigenvalue weighted by Crippen LogP contribution is -1.86. The lowest BCUT2D eigenvalue weighted by atomic mass is 9.98. The highest BCUT2D eigenvalue weighted by atomic mass is 79.9. The van der Waals surface area contributed by atoms with Crippen LogP contribution in [-0.4, -0.2) is 0 Å². The summed E-state index contributed by atoms with van der Waals surface area (Å²) >= 11 is 3.51. The molecule has 1 fully saturated rings. The number of rotatable bonds is 2. The third-order valence-electron chi connectivity index (χ3n) is 4.31. The smallest absolute Gasteiger partial charge is 0.0175 e. The van der Waals surface area contributed by atoms with Crippen molar-refractivity contribution in [1.29, 1.82) is 0 Å². The molecule has 2 atom stereocenters. The monoisotopic (exact) mass is 322 g/mol. The highest BCUT2D eigenvalue weighted by Gasteiger charge is 2.39. The van der Waals surface area contributed by atoms with Crippen LogP contribution >= 0.6 is 15.9 Å². The van der Waals surface area contributed by atoms with E-state index in [2.05, 4.69) is 82.7 Å². The molecule has 0 aromatic heterocycles. The Kier molecular flexibility index (Phi) is 2.89. The zero-order chi connectivity index (χ0) is 13.5. The molecule has 0 spiro atoms. The van der Waals surface area contributed by atoms with Gasteiger partial charge in [0, 0.05) is 4.47 Å². The van der Waals surface area contributed by atoms with Crippen LogP contribution in [0.3, 0.4) is 0 Å². The third kappa shape index (κ3) is 2.06. The minimum atomic E-state index is 0.683. The molecule has 0 nitrogen and oxygen atoms in total. The summed E-state index contributed by atoms with van der Waals surface area (Å²) in [4.78, 5) is 0. The highest BCUT2D eigenvalue weighted by Crippen LogP contribution is 2.55. The van der Waals surface area contributed by atoms with Crippen LogP contribution in [-0.2, 0) is 0 Å². The van der Waals surface area contributed by atoms with Crippen molar-refractivity contribution in [3.8, 4) is 0 Å². The van der Waals surface area contributed by atoms with Gasteiger partial charge in [-0.05, 0) is 52.3 Å². The number of fused-ring (bicyclic) bond motifs is 1. The second-order valence-electron chi connectivity index (χ2n) is 5.57. The fourth-order valence-electron chi connectivity index (χ4n) is 3.19. The van der Waals surface area contributed by atoms with Gasteiger partial charge in [0.05, 0.1) is 0 Å². The molecule has 0 unspecified atom stereocenters. The maximum absolute atomic E-state index is 3.51. The Morgan fingerprint density at radius 2 is 1.50 bits per heavy atom. The molecule has 1 heteroatoms. The zero-order valence-electron chi connectivity index (χ0n) is 11.1. The van der Waals surface area contributed by atoms with Crippen molar-refractivity contribution >= 4 is 26.7 Å². The first-order valence-electron chi connectivity index (χ1n) is 7.06. The minimum absolute atomic E-state index is 0.683. The summed E-state index contributed by atoms with van der Waals surface area (Å²) < 4.78 is 1.16. The van der Waals surface area contributed by atoms with Crippen LogP contribution in [0.1, 0.15) is 29.4 Å². The summed E-state index contributed by atoms with van der Waals surface area (Å²) in [6.07, 6.45) is 1.27. The predicted octanol–water partition coefficient (Wildman–Crippen LogP) is 5.87. The second kappa shape index (κ2) is 4.75. The molecule has 0 radical (unpaired) electrons. The van der Waals surface area contributed by atoms with Gasteiger partial charge in [-0.15, -0.1) is 0 Å². The Hall–Kier alpha value is -1.60. The van der Waals surface area contributed by atoms with Crippen molar-refractivity contribution in [2.24, 2.45) is 0 Å². The molecule has 0 bridgehead atoms. The van der Waals surface area contributed by atoms with E-state index in [0.717, 1.165) is 4.47 Å². The molecule has 1 aliphatic carbocycles. The number of hydrogen-bond donors (Lipinski definition) is 0. The third-order valence-corrected chi connectivity index (χ3v) is 4.84. The molecular formula is C19H15Br. The predicted molar refractivity (Wildman–Crippen MR) is 88.2 cm³/mol. The first-order valence-corrected chi connectivity index (χ1v) is 7.85. The summed E-state index contributed by atoms with van der Waals surface area (Å²) in [7, 11) is 0. The van der Waals surface area contributed by atoms with E-state index in [1.54, 1.807) is 0 Å². The number of benzene rings is 3. The maximum atomic E-state index is 3.51. The van der Waals surface area contributed by atoms with Gasteiger partial charge in [-0.25, -0.2) is 0 Å². The van der Waals surface area contributed by atoms with Crippen molar-refractivity contribution in [3.63, 3.8) is 0 Å². The summed E-state index contributed by atoms with van der Waals surface area (Å²) in [6, 6.07) is 24.2. The molecule has 1 saturated carbocycles. The van der Waals surface area contributed by atoms with E-state index in [1.807, 2.05) is 0 Å². The van der Waals surface area contributed by atoms with Crippen LogP contribution in [0.4, 0.5) is 0 Å². The summed E-state index contributed by atoms with van der Waals surface area (Å²) in [6.45, 7) is 0. The molecule has 3 aromatic carbocycles. The second-order valence-corrected chi connectivity index (χ2v) is 6.48. The van der Waals surface area contributed by atoms with E-state index >= 15 is 0 Å². The van der Waals surface area contributed by atoms with Gasteiger partial charge in [-0.1, -0.05) is 70.5 Å². The van der Waals surface area contributed by atoms with E-state index < -0.39 is 0 Å². The Labute approximate surface area is 127 Å². The molecule has 3 aromatic rings. The highest BCUT2D eigenvalue weighted by molar-refractivity contribution is 9.10. The Balaban J connectivity index is 1.70. The summed E-state index contributed by atoms with van der Waals surface area (Å²) in [5, 5.41) is 2.77. The summed E-state index contributed by atoms with van der Waals surface area (Å²) in [5.41, 5.74) is 2.97. The Morgan fingerprint density at radius 1 is 0.750 bits per heavy atom. The van der Waals surface area contributed by atoms with Gasteiger partial charge in [0.15, 0.2) is 0 Å². The minimum Gasteiger partial charge on any atom is -0.0616 e. The van der Waals surface area contributed by atoms with Gasteiger partial charge in [0.25, 0.3) is 0 Å². The maximum Gasteiger partial charge on any atom is 0.0175 e. The Morgan fingerprint density at radius 3 is 2.35 bits per heavy atom. The average Bonchev–Trinajstić information content (AvgIpc) is 3.28. The normalized spacial score (nSPS) is 21.1. The lowest BCUT2D eigenvalue weighted by molar-refractivity contribution is 1.04. The van der Waals surface area contributed by atoms with Crippen molar-refractivity contribution in [2.45, 2.75) is 18.3 Å². The van der Waals surface area contributed by atoms with Gasteiger partial charge in [0.1, 0.15) is 0 Å². The fourth-order valence-corrected chi connectivity index (χ4v) is 3.46. The van der Waals surface area contributed by atoms with Gasteiger partial charge >= 0.3 is 0 Å². The molecular weight excluding hydrogens is 308 g/mol. The first-order chi connectivity index (χ1) is 9.83. The van der Waals surface area contributed by atoms with E-state index in [-0.39, 0.29) is 0 Å². The van der Waals surface area contributed by atoms with Crippen molar-refractivity contribution < 1.29 is 0 Å². The number of hydrogen-bond acceptors (Lipinski definition) is 0. The van der Waals surface area contributed by atoms with Gasteiger partial charge in [0.2, 0.25) is 0 Å². The topological polar surface area (TPSA) is 0 Å². The van der Waals surface area contributed by atoms with Gasteiger partial charge < -0.3 is 0 Å². The summed E-state index contributed by atoms with van der Waals surface area (Å²) in [5.74, 6) is 1.37. The lowest BCUT2D eigenvalue weighted by Gasteiger charge is -2.06.